The van der Waals surface area contributed by atoms with Gasteiger partial charge in [0.2, 0.25) is 5.91 Å². The molecular weight excluding hydrogens is 414 g/mol. The molecule has 1 N–H and O–H groups in total. The first-order valence-electron chi connectivity index (χ1n) is 10.4. The first kappa shape index (κ1) is 20.3. The Labute approximate surface area is 183 Å². The number of carbonyl (C=O) groups is 1. The number of halogens is 2. The maximum Gasteiger partial charge on any atom is 0.219 e. The molecule has 2 atom stereocenters. The SMILES string of the molecule is CC(=O)N1CCc2c(c(-c3cccc(C#N)c3)nn2[C@@H]2c3cc(F)cc(F)c3C[C@@H]2O)C1. The zero-order chi connectivity index (χ0) is 22.6. The topological polar surface area (TPSA) is 82.2 Å². The van der Waals surface area contributed by atoms with Gasteiger partial charge in [-0.05, 0) is 29.3 Å². The molecule has 8 heteroatoms. The number of carbonyl (C=O) groups excluding carboxylic acids is 1. The molecule has 1 aliphatic carbocycles. The van der Waals surface area contributed by atoms with Gasteiger partial charge in [-0.1, -0.05) is 12.1 Å². The third kappa shape index (κ3) is 3.17. The van der Waals surface area contributed by atoms with E-state index in [1.54, 1.807) is 27.8 Å². The number of hydrogen-bond acceptors (Lipinski definition) is 4. The molecule has 0 radical (unpaired) electrons. The second-order valence-electron chi connectivity index (χ2n) is 8.27. The molecule has 0 fully saturated rings. The van der Waals surface area contributed by atoms with Crippen molar-refractivity contribution in [3.63, 3.8) is 0 Å². The largest absolute Gasteiger partial charge is 0.390 e. The van der Waals surface area contributed by atoms with Crippen LogP contribution in [0.3, 0.4) is 0 Å². The van der Waals surface area contributed by atoms with Crippen LogP contribution in [0.2, 0.25) is 0 Å². The minimum Gasteiger partial charge on any atom is -0.390 e. The summed E-state index contributed by atoms with van der Waals surface area (Å²) in [5, 5.41) is 24.9. The Morgan fingerprint density at radius 3 is 2.81 bits per heavy atom. The number of hydrogen-bond donors (Lipinski definition) is 1. The lowest BCUT2D eigenvalue weighted by Crippen LogP contribution is -2.35. The molecule has 0 saturated heterocycles. The summed E-state index contributed by atoms with van der Waals surface area (Å²) in [5.41, 5.74) is 4.10. The van der Waals surface area contributed by atoms with E-state index >= 15 is 0 Å². The molecule has 6 nitrogen and oxygen atoms in total. The van der Waals surface area contributed by atoms with Crippen LogP contribution >= 0.6 is 0 Å². The second-order valence-corrected chi connectivity index (χ2v) is 8.27. The monoisotopic (exact) mass is 434 g/mol. The van der Waals surface area contributed by atoms with Gasteiger partial charge in [-0.2, -0.15) is 10.4 Å². The van der Waals surface area contributed by atoms with Gasteiger partial charge in [0.1, 0.15) is 17.7 Å². The van der Waals surface area contributed by atoms with Crippen molar-refractivity contribution in [3.8, 4) is 17.3 Å². The number of benzene rings is 2. The standard InChI is InChI=1S/C24H20F2N4O2/c1-13(31)29-6-5-21-19(12-29)23(15-4-2-3-14(7-15)11-27)28-30(21)24-18-8-16(25)9-20(26)17(18)10-22(24)32/h2-4,7-9,22,24,32H,5-6,10,12H2,1H3/t22-,24+/m0/s1. The van der Waals surface area contributed by atoms with E-state index in [9.17, 15) is 23.9 Å². The quantitative estimate of drug-likeness (QED) is 0.672. The normalized spacial score (nSPS) is 19.4. The molecular formula is C24H20F2N4O2. The van der Waals surface area contributed by atoms with Crippen LogP contribution in [0.4, 0.5) is 8.78 Å². The van der Waals surface area contributed by atoms with Crippen LogP contribution < -0.4 is 0 Å². The van der Waals surface area contributed by atoms with Crippen molar-refractivity contribution in [3.05, 3.63) is 76.0 Å². The average Bonchev–Trinajstić information content (AvgIpc) is 3.30. The van der Waals surface area contributed by atoms with Crippen molar-refractivity contribution in [1.29, 1.82) is 5.26 Å². The van der Waals surface area contributed by atoms with Gasteiger partial charge in [0.15, 0.2) is 0 Å². The first-order chi connectivity index (χ1) is 15.4. The van der Waals surface area contributed by atoms with Gasteiger partial charge in [0.05, 0.1) is 23.4 Å². The second kappa shape index (κ2) is 7.53. The van der Waals surface area contributed by atoms with Crippen molar-refractivity contribution < 1.29 is 18.7 Å². The zero-order valence-corrected chi connectivity index (χ0v) is 17.3. The fourth-order valence-corrected chi connectivity index (χ4v) is 4.84. The minimum atomic E-state index is -0.963. The molecule has 1 aromatic heterocycles. The maximum atomic E-state index is 14.4. The lowest BCUT2D eigenvalue weighted by Gasteiger charge is -2.28. The molecule has 0 spiro atoms. The van der Waals surface area contributed by atoms with E-state index in [4.69, 9.17) is 5.10 Å². The summed E-state index contributed by atoms with van der Waals surface area (Å²) in [6.45, 7) is 2.33. The van der Waals surface area contributed by atoms with Crippen molar-refractivity contribution in [2.24, 2.45) is 0 Å². The number of fused-ring (bicyclic) bond motifs is 2. The first-order valence-corrected chi connectivity index (χ1v) is 10.4. The highest BCUT2D eigenvalue weighted by atomic mass is 19.1. The summed E-state index contributed by atoms with van der Waals surface area (Å²) in [6.07, 6.45) is -0.398. The third-order valence-electron chi connectivity index (χ3n) is 6.35. The fraction of sp³-hybridized carbons (Fsp3) is 0.292. The van der Waals surface area contributed by atoms with Crippen molar-refractivity contribution >= 4 is 5.91 Å². The highest BCUT2D eigenvalue weighted by molar-refractivity contribution is 5.75. The van der Waals surface area contributed by atoms with Gasteiger partial charge in [0.25, 0.3) is 0 Å². The Morgan fingerprint density at radius 1 is 1.25 bits per heavy atom. The van der Waals surface area contributed by atoms with Crippen LogP contribution in [0.15, 0.2) is 36.4 Å². The number of amides is 1. The molecule has 1 aliphatic heterocycles. The van der Waals surface area contributed by atoms with Gasteiger partial charge in [-0.15, -0.1) is 0 Å². The van der Waals surface area contributed by atoms with Crippen LogP contribution in [0, 0.1) is 23.0 Å². The van der Waals surface area contributed by atoms with Crippen LogP contribution in [-0.4, -0.2) is 38.3 Å². The molecule has 162 valence electrons. The molecule has 0 bridgehead atoms. The zero-order valence-electron chi connectivity index (χ0n) is 17.3. The number of rotatable bonds is 2. The molecule has 2 aromatic carbocycles. The predicted molar refractivity (Wildman–Crippen MR) is 111 cm³/mol. The van der Waals surface area contributed by atoms with Crippen molar-refractivity contribution in [2.75, 3.05) is 6.54 Å². The van der Waals surface area contributed by atoms with E-state index in [2.05, 4.69) is 6.07 Å². The fourth-order valence-electron chi connectivity index (χ4n) is 4.84. The third-order valence-corrected chi connectivity index (χ3v) is 6.35. The maximum absolute atomic E-state index is 14.4. The summed E-state index contributed by atoms with van der Waals surface area (Å²) in [7, 11) is 0. The minimum absolute atomic E-state index is 0.0597. The number of nitrogens with zero attached hydrogens (tertiary/aromatic N) is 4. The Bertz CT molecular complexity index is 1290. The lowest BCUT2D eigenvalue weighted by atomic mass is 9.99. The molecule has 2 aliphatic rings. The molecule has 0 saturated carbocycles. The smallest absolute Gasteiger partial charge is 0.219 e. The Balaban J connectivity index is 1.70. The van der Waals surface area contributed by atoms with E-state index < -0.39 is 23.8 Å². The van der Waals surface area contributed by atoms with E-state index in [1.165, 1.54) is 13.0 Å². The summed E-state index contributed by atoms with van der Waals surface area (Å²) in [5.74, 6) is -1.44. The van der Waals surface area contributed by atoms with Crippen LogP contribution in [-0.2, 0) is 24.2 Å². The Kier molecular flexibility index (Phi) is 4.79. The van der Waals surface area contributed by atoms with Crippen LogP contribution in [0.5, 0.6) is 0 Å². The van der Waals surface area contributed by atoms with E-state index in [1.807, 2.05) is 6.07 Å². The highest BCUT2D eigenvalue weighted by Crippen LogP contribution is 2.40. The number of nitriles is 1. The van der Waals surface area contributed by atoms with Gasteiger partial charge in [-0.25, -0.2) is 8.78 Å². The summed E-state index contributed by atoms with van der Waals surface area (Å²) in [6, 6.07) is 10.5. The van der Waals surface area contributed by atoms with Crippen molar-refractivity contribution in [2.45, 2.75) is 38.5 Å². The van der Waals surface area contributed by atoms with Crippen LogP contribution in [0.25, 0.3) is 11.3 Å². The molecule has 2 heterocycles. The van der Waals surface area contributed by atoms with Gasteiger partial charge in [0, 0.05) is 55.7 Å². The summed E-state index contributed by atoms with van der Waals surface area (Å²) >= 11 is 0. The van der Waals surface area contributed by atoms with Gasteiger partial charge in [-0.3, -0.25) is 9.48 Å². The highest BCUT2D eigenvalue weighted by Gasteiger charge is 2.39. The number of aromatic nitrogens is 2. The number of aliphatic hydroxyl groups excluding tert-OH is 1. The predicted octanol–water partition coefficient (Wildman–Crippen LogP) is 3.11. The summed E-state index contributed by atoms with van der Waals surface area (Å²) < 4.78 is 30.1. The molecule has 32 heavy (non-hydrogen) atoms. The number of aliphatic hydroxyl groups is 1. The van der Waals surface area contributed by atoms with Gasteiger partial charge >= 0.3 is 0 Å². The van der Waals surface area contributed by atoms with Crippen molar-refractivity contribution in [1.82, 2.24) is 14.7 Å². The summed E-state index contributed by atoms with van der Waals surface area (Å²) in [4.78, 5) is 13.8. The molecule has 3 aromatic rings. The lowest BCUT2D eigenvalue weighted by molar-refractivity contribution is -0.129. The van der Waals surface area contributed by atoms with Crippen LogP contribution in [0.1, 0.15) is 40.9 Å². The average molecular weight is 434 g/mol. The Hall–Kier alpha value is -3.57. The van der Waals surface area contributed by atoms with E-state index in [-0.39, 0.29) is 12.3 Å². The Morgan fingerprint density at radius 2 is 2.06 bits per heavy atom. The molecule has 0 unspecified atom stereocenters. The molecule has 5 rings (SSSR count). The van der Waals surface area contributed by atoms with Gasteiger partial charge < -0.3 is 10.0 Å². The molecule has 1 amide bonds. The van der Waals surface area contributed by atoms with E-state index in [0.29, 0.717) is 47.5 Å². The van der Waals surface area contributed by atoms with E-state index in [0.717, 1.165) is 17.3 Å².